The number of aromatic nitrogens is 3. The number of benzene rings is 2. The molecule has 0 saturated heterocycles. The molecular weight excluding hydrogens is 348 g/mol. The maximum absolute atomic E-state index is 5.73. The number of hydrogen-bond donors (Lipinski definition) is 2. The van der Waals surface area contributed by atoms with Crippen molar-refractivity contribution in [3.63, 3.8) is 0 Å². The van der Waals surface area contributed by atoms with Crippen molar-refractivity contribution >= 4 is 10.9 Å². The number of para-hydroxylation sites is 2. The van der Waals surface area contributed by atoms with Crippen molar-refractivity contribution in [2.75, 3.05) is 13.7 Å². The van der Waals surface area contributed by atoms with Gasteiger partial charge in [0.25, 0.3) is 0 Å². The predicted molar refractivity (Wildman–Crippen MR) is 111 cm³/mol. The monoisotopic (exact) mass is 372 g/mol. The number of methoxy groups -OCH3 is 1. The molecule has 1 aliphatic heterocycles. The van der Waals surface area contributed by atoms with Crippen LogP contribution in [0.4, 0.5) is 0 Å². The molecule has 28 heavy (non-hydrogen) atoms. The summed E-state index contributed by atoms with van der Waals surface area (Å²) in [6.45, 7) is 3.78. The van der Waals surface area contributed by atoms with E-state index < -0.39 is 0 Å². The van der Waals surface area contributed by atoms with Gasteiger partial charge >= 0.3 is 0 Å². The third kappa shape index (κ3) is 2.79. The lowest BCUT2D eigenvalue weighted by atomic mass is 9.92. The van der Waals surface area contributed by atoms with Crippen molar-refractivity contribution in [1.29, 1.82) is 0 Å². The molecular formula is C23H24N4O. The average molecular weight is 372 g/mol. The molecule has 1 aliphatic rings. The highest BCUT2D eigenvalue weighted by atomic mass is 16.5. The Morgan fingerprint density at radius 1 is 1.11 bits per heavy atom. The molecule has 0 fully saturated rings. The van der Waals surface area contributed by atoms with Crippen molar-refractivity contribution in [2.24, 2.45) is 0 Å². The molecule has 1 unspecified atom stereocenters. The van der Waals surface area contributed by atoms with Crippen LogP contribution in [0, 0.1) is 6.92 Å². The summed E-state index contributed by atoms with van der Waals surface area (Å²) < 4.78 is 5.73. The van der Waals surface area contributed by atoms with E-state index in [2.05, 4.69) is 56.3 Å². The minimum absolute atomic E-state index is 0.0951. The van der Waals surface area contributed by atoms with E-state index in [9.17, 15) is 0 Å². The standard InChI is InChI=1S/C23H24N4O/c1-15-13-24-21(25-15)14-27-12-11-17-16-7-3-5-9-19(16)26-22(17)23(27)18-8-4-6-10-20(18)28-2/h3-10,13,23,26H,11-12,14H2,1-2H3,(H,24,25). The van der Waals surface area contributed by atoms with Gasteiger partial charge in [0.05, 0.1) is 19.7 Å². The lowest BCUT2D eigenvalue weighted by Crippen LogP contribution is -2.36. The van der Waals surface area contributed by atoms with Crippen LogP contribution in [0.2, 0.25) is 0 Å². The van der Waals surface area contributed by atoms with Crippen molar-refractivity contribution in [3.05, 3.63) is 83.1 Å². The fourth-order valence-electron chi connectivity index (χ4n) is 4.45. The first-order valence-electron chi connectivity index (χ1n) is 9.71. The molecule has 0 amide bonds. The fourth-order valence-corrected chi connectivity index (χ4v) is 4.45. The van der Waals surface area contributed by atoms with Gasteiger partial charge in [0.1, 0.15) is 11.6 Å². The third-order valence-electron chi connectivity index (χ3n) is 5.68. The summed E-state index contributed by atoms with van der Waals surface area (Å²) in [5.41, 5.74) is 6.15. The summed E-state index contributed by atoms with van der Waals surface area (Å²) in [7, 11) is 1.74. The van der Waals surface area contributed by atoms with E-state index in [1.165, 1.54) is 27.7 Å². The SMILES string of the molecule is COc1ccccc1C1c2[nH]c3ccccc3c2CCN1Cc1ncc(C)[nH]1. The van der Waals surface area contributed by atoms with E-state index in [4.69, 9.17) is 4.74 Å². The molecule has 3 heterocycles. The molecule has 5 rings (SSSR count). The van der Waals surface area contributed by atoms with E-state index in [1.54, 1.807) is 7.11 Å². The first-order valence-corrected chi connectivity index (χ1v) is 9.71. The van der Waals surface area contributed by atoms with Crippen LogP contribution in [0.25, 0.3) is 10.9 Å². The van der Waals surface area contributed by atoms with Gasteiger partial charge in [0.2, 0.25) is 0 Å². The Balaban J connectivity index is 1.66. The molecule has 2 aromatic heterocycles. The molecule has 142 valence electrons. The number of rotatable bonds is 4. The van der Waals surface area contributed by atoms with Crippen molar-refractivity contribution < 1.29 is 4.74 Å². The summed E-state index contributed by atoms with van der Waals surface area (Å²) in [4.78, 5) is 14.1. The number of nitrogens with one attached hydrogen (secondary N) is 2. The van der Waals surface area contributed by atoms with Crippen LogP contribution in [0.15, 0.2) is 54.7 Å². The van der Waals surface area contributed by atoms with Crippen LogP contribution < -0.4 is 4.74 Å². The Labute approximate surface area is 164 Å². The smallest absolute Gasteiger partial charge is 0.124 e. The Bertz CT molecular complexity index is 1130. The first kappa shape index (κ1) is 17.1. The number of fused-ring (bicyclic) bond motifs is 3. The number of ether oxygens (including phenoxy) is 1. The zero-order chi connectivity index (χ0) is 19.1. The van der Waals surface area contributed by atoms with Gasteiger partial charge in [0.15, 0.2) is 0 Å². The molecule has 2 aromatic carbocycles. The van der Waals surface area contributed by atoms with Gasteiger partial charge in [0, 0.05) is 40.6 Å². The maximum atomic E-state index is 5.73. The van der Waals surface area contributed by atoms with Crippen molar-refractivity contribution in [1.82, 2.24) is 19.9 Å². The average Bonchev–Trinajstić information content (AvgIpc) is 3.31. The third-order valence-corrected chi connectivity index (χ3v) is 5.68. The van der Waals surface area contributed by atoms with Crippen LogP contribution in [0.3, 0.4) is 0 Å². The largest absolute Gasteiger partial charge is 0.496 e. The number of aromatic amines is 2. The molecule has 0 saturated carbocycles. The second-order valence-corrected chi connectivity index (χ2v) is 7.44. The topological polar surface area (TPSA) is 56.9 Å². The van der Waals surface area contributed by atoms with Gasteiger partial charge < -0.3 is 14.7 Å². The van der Waals surface area contributed by atoms with Gasteiger partial charge in [-0.3, -0.25) is 4.90 Å². The molecule has 0 radical (unpaired) electrons. The van der Waals surface area contributed by atoms with E-state index in [1.807, 2.05) is 25.3 Å². The van der Waals surface area contributed by atoms with E-state index in [0.717, 1.165) is 36.8 Å². The normalized spacial score (nSPS) is 17.0. The van der Waals surface area contributed by atoms with Gasteiger partial charge in [-0.1, -0.05) is 36.4 Å². The van der Waals surface area contributed by atoms with Gasteiger partial charge in [-0.2, -0.15) is 0 Å². The summed E-state index contributed by atoms with van der Waals surface area (Å²) in [6.07, 6.45) is 2.91. The van der Waals surface area contributed by atoms with Gasteiger partial charge in [-0.15, -0.1) is 0 Å². The highest BCUT2D eigenvalue weighted by Crippen LogP contribution is 2.41. The Morgan fingerprint density at radius 2 is 1.93 bits per heavy atom. The zero-order valence-corrected chi connectivity index (χ0v) is 16.2. The lowest BCUT2D eigenvalue weighted by molar-refractivity contribution is 0.194. The van der Waals surface area contributed by atoms with E-state index in [-0.39, 0.29) is 6.04 Å². The molecule has 4 aromatic rings. The molecule has 0 spiro atoms. The van der Waals surface area contributed by atoms with Crippen LogP contribution in [-0.4, -0.2) is 33.5 Å². The van der Waals surface area contributed by atoms with Crippen molar-refractivity contribution in [2.45, 2.75) is 25.9 Å². The van der Waals surface area contributed by atoms with E-state index >= 15 is 0 Å². The molecule has 0 bridgehead atoms. The second kappa shape index (κ2) is 6.84. The Kier molecular flexibility index (Phi) is 4.17. The van der Waals surface area contributed by atoms with Gasteiger partial charge in [-0.05, 0) is 31.0 Å². The number of aryl methyl sites for hydroxylation is 1. The van der Waals surface area contributed by atoms with E-state index in [0.29, 0.717) is 0 Å². The predicted octanol–water partition coefficient (Wildman–Crippen LogP) is 4.36. The van der Waals surface area contributed by atoms with Crippen LogP contribution in [0.1, 0.15) is 34.4 Å². The summed E-state index contributed by atoms with van der Waals surface area (Å²) in [5, 5.41) is 1.32. The zero-order valence-electron chi connectivity index (χ0n) is 16.2. The molecule has 5 heteroatoms. The molecule has 1 atom stereocenters. The number of nitrogens with zero attached hydrogens (tertiary/aromatic N) is 2. The molecule has 5 nitrogen and oxygen atoms in total. The van der Waals surface area contributed by atoms with Crippen LogP contribution in [0.5, 0.6) is 5.75 Å². The summed E-state index contributed by atoms with van der Waals surface area (Å²) in [6, 6.07) is 17.0. The quantitative estimate of drug-likeness (QED) is 0.560. The maximum Gasteiger partial charge on any atom is 0.124 e. The Morgan fingerprint density at radius 3 is 2.75 bits per heavy atom. The van der Waals surface area contributed by atoms with Crippen LogP contribution in [-0.2, 0) is 13.0 Å². The molecule has 0 aliphatic carbocycles. The Hall–Kier alpha value is -3.05. The second-order valence-electron chi connectivity index (χ2n) is 7.44. The summed E-state index contributed by atoms with van der Waals surface area (Å²) in [5.74, 6) is 1.91. The first-order chi connectivity index (χ1) is 13.7. The lowest BCUT2D eigenvalue weighted by Gasteiger charge is -2.36. The minimum atomic E-state index is 0.0951. The van der Waals surface area contributed by atoms with Gasteiger partial charge in [-0.25, -0.2) is 4.98 Å². The summed E-state index contributed by atoms with van der Waals surface area (Å²) >= 11 is 0. The number of hydrogen-bond acceptors (Lipinski definition) is 3. The highest BCUT2D eigenvalue weighted by Gasteiger charge is 2.33. The van der Waals surface area contributed by atoms with Crippen molar-refractivity contribution in [3.8, 4) is 5.75 Å². The molecule has 2 N–H and O–H groups in total. The van der Waals surface area contributed by atoms with Crippen LogP contribution >= 0.6 is 0 Å². The number of H-pyrrole nitrogens is 2. The highest BCUT2D eigenvalue weighted by molar-refractivity contribution is 5.85. The fraction of sp³-hybridized carbons (Fsp3) is 0.261. The number of imidazole rings is 1. The minimum Gasteiger partial charge on any atom is -0.496 e.